The topological polar surface area (TPSA) is 174 Å². The Morgan fingerprint density at radius 2 is 1.82 bits per heavy atom. The number of hydrogen-bond donors (Lipinski definition) is 4. The highest BCUT2D eigenvalue weighted by Crippen LogP contribution is 2.47. The molecule has 2 aromatic carbocycles. The van der Waals surface area contributed by atoms with E-state index in [1.165, 1.54) is 18.2 Å². The van der Waals surface area contributed by atoms with E-state index in [9.17, 15) is 40.1 Å². The zero-order valence-corrected chi connectivity index (χ0v) is 25.0. The zero-order chi connectivity index (χ0) is 32.4. The molecule has 234 valence electrons. The van der Waals surface area contributed by atoms with Gasteiger partial charge in [-0.2, -0.15) is 0 Å². The van der Waals surface area contributed by atoms with Crippen molar-refractivity contribution in [2.24, 2.45) is 17.8 Å². The number of nitro groups is 1. The molecule has 11 nitrogen and oxygen atoms in total. The summed E-state index contributed by atoms with van der Waals surface area (Å²) < 4.78 is 0. The summed E-state index contributed by atoms with van der Waals surface area (Å²) in [5, 5.41) is 54.0. The van der Waals surface area contributed by atoms with Crippen LogP contribution in [0.3, 0.4) is 0 Å². The summed E-state index contributed by atoms with van der Waals surface area (Å²) in [6.07, 6.45) is 2.97. The lowest BCUT2D eigenvalue weighted by molar-refractivity contribution is -0.384. The predicted molar refractivity (Wildman–Crippen MR) is 167 cm³/mol. The Labute approximate surface area is 259 Å². The van der Waals surface area contributed by atoms with Crippen molar-refractivity contribution in [3.63, 3.8) is 0 Å². The highest BCUT2D eigenvalue weighted by Gasteiger charge is 2.55. The number of pyridine rings is 1. The quantitative estimate of drug-likeness (QED) is 0.114. The number of non-ortho nitro benzene ring substituents is 1. The van der Waals surface area contributed by atoms with Gasteiger partial charge in [0.2, 0.25) is 11.8 Å². The molecule has 2 amide bonds. The van der Waals surface area contributed by atoms with Gasteiger partial charge in [-0.1, -0.05) is 12.1 Å². The lowest BCUT2D eigenvalue weighted by Crippen LogP contribution is -2.39. The Morgan fingerprint density at radius 1 is 1.09 bits per heavy atom. The summed E-state index contributed by atoms with van der Waals surface area (Å²) in [5.41, 5.74) is 4.29. The molecule has 1 fully saturated rings. The van der Waals surface area contributed by atoms with Crippen molar-refractivity contribution >= 4 is 34.8 Å². The smallest absolute Gasteiger partial charge is 0.271 e. The van der Waals surface area contributed by atoms with E-state index in [4.69, 9.17) is 0 Å². The van der Waals surface area contributed by atoms with Gasteiger partial charge < -0.3 is 20.4 Å². The van der Waals surface area contributed by atoms with Crippen LogP contribution in [-0.4, -0.2) is 61.5 Å². The first-order valence-electron chi connectivity index (χ1n) is 14.7. The third kappa shape index (κ3) is 6.15. The number of benzene rings is 2. The number of aromatic hydroxyl groups is 1. The molecule has 4 atom stereocenters. The molecule has 0 radical (unpaired) electrons. The maximum absolute atomic E-state index is 13.7. The van der Waals surface area contributed by atoms with Crippen molar-refractivity contribution in [1.82, 2.24) is 4.98 Å². The molecule has 1 aliphatic carbocycles. The molecule has 3 aromatic rings. The van der Waals surface area contributed by atoms with Gasteiger partial charge >= 0.3 is 0 Å². The molecule has 1 saturated heterocycles. The van der Waals surface area contributed by atoms with Crippen LogP contribution in [0.5, 0.6) is 5.75 Å². The SMILES string of the molecule is Cc1cc(/C=C(/CC[C@@H](O)C2=C(CO)C[C@H]3C(=O)N(c4cccc([N+](=O)[O-])c4)C(=O)[C@H]3[C@H]2CO)c2ccccn2)cc(C)c1O. The van der Waals surface area contributed by atoms with Gasteiger partial charge in [0, 0.05) is 24.2 Å². The van der Waals surface area contributed by atoms with E-state index in [0.29, 0.717) is 23.3 Å². The van der Waals surface area contributed by atoms with E-state index in [0.717, 1.165) is 33.2 Å². The van der Waals surface area contributed by atoms with E-state index in [1.54, 1.807) is 12.3 Å². The standard InChI is InChI=1S/C34H35N3O8/c1-19-12-21(13-20(2)32(19)41)14-22(28-8-3-4-11-35-28)9-10-29(40)30-23(17-38)15-26-31(27(30)18-39)34(43)36(33(26)42)24-6-5-7-25(16-24)37(44)45/h3-8,11-14,16,26-27,29,31,38-41H,9-10,15,17-18H2,1-2H3/b22-14-/t26-,27+,29-,31-/m1/s1. The number of hydrogen-bond acceptors (Lipinski definition) is 9. The molecule has 11 heteroatoms. The number of anilines is 1. The maximum Gasteiger partial charge on any atom is 0.271 e. The van der Waals surface area contributed by atoms with Gasteiger partial charge in [0.15, 0.2) is 0 Å². The van der Waals surface area contributed by atoms with Crippen LogP contribution in [0.2, 0.25) is 0 Å². The normalized spacial score (nSPS) is 20.9. The molecule has 0 saturated carbocycles. The van der Waals surface area contributed by atoms with E-state index in [2.05, 4.69) is 4.98 Å². The number of imide groups is 1. The molecular formula is C34H35N3O8. The first-order chi connectivity index (χ1) is 21.5. The van der Waals surface area contributed by atoms with Crippen molar-refractivity contribution in [3.8, 4) is 5.75 Å². The molecule has 1 aromatic heterocycles. The van der Waals surface area contributed by atoms with Crippen LogP contribution in [0.1, 0.15) is 41.6 Å². The predicted octanol–water partition coefficient (Wildman–Crippen LogP) is 4.10. The fraction of sp³-hybridized carbons (Fsp3) is 0.324. The molecule has 0 unspecified atom stereocenters. The van der Waals surface area contributed by atoms with Gasteiger partial charge in [-0.25, -0.2) is 4.90 Å². The number of nitro benzene ring substituents is 1. The molecule has 1 aliphatic heterocycles. The molecule has 0 spiro atoms. The van der Waals surface area contributed by atoms with Crippen molar-refractivity contribution in [1.29, 1.82) is 0 Å². The molecule has 2 heterocycles. The van der Waals surface area contributed by atoms with Crippen LogP contribution < -0.4 is 4.90 Å². The number of aliphatic hydroxyl groups excluding tert-OH is 3. The molecular weight excluding hydrogens is 578 g/mol. The minimum Gasteiger partial charge on any atom is -0.507 e. The van der Waals surface area contributed by atoms with E-state index >= 15 is 0 Å². The van der Waals surface area contributed by atoms with Crippen LogP contribution >= 0.6 is 0 Å². The number of phenolic OH excluding ortho intramolecular Hbond substituents is 1. The van der Waals surface area contributed by atoms with Gasteiger partial charge in [0.1, 0.15) is 5.75 Å². The fourth-order valence-corrected chi connectivity index (χ4v) is 6.65. The number of nitrogens with zero attached hydrogens (tertiary/aromatic N) is 3. The number of allylic oxidation sites excluding steroid dienone is 1. The third-order valence-electron chi connectivity index (χ3n) is 8.76. The highest BCUT2D eigenvalue weighted by molar-refractivity contribution is 6.22. The number of amides is 2. The van der Waals surface area contributed by atoms with Gasteiger partial charge in [-0.05, 0) is 103 Å². The average Bonchev–Trinajstić information content (AvgIpc) is 3.29. The van der Waals surface area contributed by atoms with Crippen LogP contribution in [0.4, 0.5) is 11.4 Å². The molecule has 4 N–H and O–H groups in total. The molecule has 2 aliphatic rings. The Morgan fingerprint density at radius 3 is 2.44 bits per heavy atom. The Hall–Kier alpha value is -4.71. The van der Waals surface area contributed by atoms with Crippen molar-refractivity contribution in [2.75, 3.05) is 18.1 Å². The second kappa shape index (κ2) is 13.1. The summed E-state index contributed by atoms with van der Waals surface area (Å²) in [5.74, 6) is -3.79. The van der Waals surface area contributed by atoms with Crippen molar-refractivity contribution in [2.45, 2.75) is 39.2 Å². The number of aryl methyl sites for hydroxylation is 2. The first kappa shape index (κ1) is 31.7. The number of carbonyl (C=O) groups excluding carboxylic acids is 2. The number of aliphatic hydroxyl groups is 3. The summed E-state index contributed by atoms with van der Waals surface area (Å²) >= 11 is 0. The Balaban J connectivity index is 1.44. The molecule has 0 bridgehead atoms. The number of carbonyl (C=O) groups is 2. The van der Waals surface area contributed by atoms with Crippen molar-refractivity contribution in [3.05, 3.63) is 104 Å². The van der Waals surface area contributed by atoms with Gasteiger partial charge in [0.05, 0.1) is 47.5 Å². The lowest BCUT2D eigenvalue weighted by atomic mass is 9.68. The summed E-state index contributed by atoms with van der Waals surface area (Å²) in [4.78, 5) is 43.3. The fourth-order valence-electron chi connectivity index (χ4n) is 6.65. The number of aromatic nitrogens is 1. The molecule has 45 heavy (non-hydrogen) atoms. The van der Waals surface area contributed by atoms with E-state index in [1.807, 2.05) is 44.2 Å². The van der Waals surface area contributed by atoms with Gasteiger partial charge in [0.25, 0.3) is 5.69 Å². The van der Waals surface area contributed by atoms with Gasteiger partial charge in [-0.3, -0.25) is 24.7 Å². The van der Waals surface area contributed by atoms with E-state index < -0.39 is 53.8 Å². The second-order valence-electron chi connectivity index (χ2n) is 11.6. The minimum absolute atomic E-state index is 0.00899. The second-order valence-corrected chi connectivity index (χ2v) is 11.6. The minimum atomic E-state index is -1.16. The van der Waals surface area contributed by atoms with Gasteiger partial charge in [-0.15, -0.1) is 0 Å². The van der Waals surface area contributed by atoms with E-state index in [-0.39, 0.29) is 30.0 Å². The molecule has 5 rings (SSSR count). The van der Waals surface area contributed by atoms with Crippen LogP contribution in [0.25, 0.3) is 11.6 Å². The monoisotopic (exact) mass is 613 g/mol. The van der Waals surface area contributed by atoms with Crippen LogP contribution in [-0.2, 0) is 9.59 Å². The van der Waals surface area contributed by atoms with Crippen molar-refractivity contribution < 1.29 is 34.9 Å². The summed E-state index contributed by atoms with van der Waals surface area (Å²) in [6.45, 7) is 2.61. The zero-order valence-electron chi connectivity index (χ0n) is 25.0. The number of phenols is 1. The average molecular weight is 614 g/mol. The summed E-state index contributed by atoms with van der Waals surface area (Å²) in [6, 6.07) is 14.4. The number of rotatable bonds is 10. The summed E-state index contributed by atoms with van der Waals surface area (Å²) in [7, 11) is 0. The Bertz CT molecular complexity index is 1680. The first-order valence-corrected chi connectivity index (χ1v) is 14.7. The van der Waals surface area contributed by atoms with Crippen LogP contribution in [0.15, 0.2) is 71.9 Å². The lowest BCUT2D eigenvalue weighted by Gasteiger charge is -2.36. The highest BCUT2D eigenvalue weighted by atomic mass is 16.6. The number of fused-ring (bicyclic) bond motifs is 1. The maximum atomic E-state index is 13.7. The largest absolute Gasteiger partial charge is 0.507 e. The third-order valence-corrected chi connectivity index (χ3v) is 8.76. The van der Waals surface area contributed by atoms with Crippen LogP contribution in [0, 0.1) is 41.7 Å². The Kier molecular flexibility index (Phi) is 9.24.